The zero-order chi connectivity index (χ0) is 89.7. The molecule has 7 unspecified atom stereocenters. The quantitative estimate of drug-likeness (QED) is 0.0124. The molecule has 67 heteroatoms. The zero-order valence-corrected chi connectivity index (χ0v) is 70.4. The van der Waals surface area contributed by atoms with E-state index in [4.69, 9.17) is 117 Å². The Balaban J connectivity index is 0.000000140. The topological polar surface area (TPSA) is 851 Å². The first-order valence-corrected chi connectivity index (χ1v) is 46.5. The minimum absolute atomic E-state index is 0.0338. The number of imidazole rings is 6. The summed E-state index contributed by atoms with van der Waals surface area (Å²) in [5, 5.41) is 82.3. The van der Waals surface area contributed by atoms with E-state index in [0.717, 1.165) is 13.3 Å². The zero-order valence-electron chi connectivity index (χ0n) is 63.4. The Hall–Kier alpha value is -7.48. The van der Waals surface area contributed by atoms with E-state index in [1.807, 2.05) is 0 Å². The lowest BCUT2D eigenvalue weighted by Gasteiger charge is -2.23. The molecule has 59 nitrogen and oxygen atoms in total. The molecule has 16 heterocycles. The molecule has 0 aromatic carbocycles. The lowest BCUT2D eigenvalue weighted by Crippen LogP contribution is -2.36. The molecule has 0 spiro atoms. The van der Waals surface area contributed by atoms with Crippen LogP contribution in [0.1, 0.15) is 66.7 Å². The number of anilines is 4. The monoisotopic (exact) mass is 1900 g/mol. The SMILES string of the molecule is CNc1ncnc2c1ncn2[C@H]1C[C@H](OP(=O)(O)O)[C@@H](COP(C)(=O)O)O1.CP(=O)(O)OC[C@@H]1O[C@H](n2cnc3c2NCNC3=S)C(O)C1O.Cc1nc2c(=O)[nH]c(N)nc2n1[C@@H]1O[C@H](COP(=O)(O)O)[C@@H](O)C1O.NC1=NC(Cl)c2ncn([C@@H]3O[C@H](COP(=O)(O)O)[C@@H](O)C3O)c2N1.O=P(O)(O)OC[C@H]1O[C@@H](n2cnc3c2ncn2ccnc32)C[C@@H]1O. The van der Waals surface area contributed by atoms with Crippen LogP contribution in [0.3, 0.4) is 0 Å². The number of aliphatic imine (C=N–C) groups is 1. The van der Waals surface area contributed by atoms with Gasteiger partial charge in [-0.3, -0.25) is 64.2 Å². The van der Waals surface area contributed by atoms with E-state index in [2.05, 4.69) is 94.7 Å². The summed E-state index contributed by atoms with van der Waals surface area (Å²) < 4.78 is 131. The minimum atomic E-state index is -4.81. The summed E-state index contributed by atoms with van der Waals surface area (Å²) in [5.74, 6) is 1.52. The summed E-state index contributed by atoms with van der Waals surface area (Å²) in [5.41, 5.74) is 13.3. The van der Waals surface area contributed by atoms with Gasteiger partial charge in [0, 0.05) is 45.6 Å². The van der Waals surface area contributed by atoms with Crippen LogP contribution in [0.2, 0.25) is 0 Å². The second kappa shape index (κ2) is 37.8. The first-order chi connectivity index (χ1) is 57.5. The van der Waals surface area contributed by atoms with Crippen LogP contribution in [-0.2, 0) is 78.2 Å². The normalized spacial score (nSPS) is 28.6. The number of phosphoric ester groups is 4. The molecule has 0 aliphatic carbocycles. The van der Waals surface area contributed by atoms with Crippen molar-refractivity contribution in [1.82, 2.24) is 87.4 Å². The van der Waals surface area contributed by atoms with Crippen molar-refractivity contribution in [2.45, 2.75) is 136 Å². The van der Waals surface area contributed by atoms with Gasteiger partial charge in [-0.2, -0.15) is 4.98 Å². The van der Waals surface area contributed by atoms with Gasteiger partial charge in [-0.15, -0.1) is 0 Å². The van der Waals surface area contributed by atoms with Crippen LogP contribution in [0.25, 0.3) is 39.1 Å². The number of ether oxygens (including phenoxy) is 5. The van der Waals surface area contributed by atoms with E-state index in [0.29, 0.717) is 68.5 Å². The Kier molecular flexibility index (Phi) is 29.1. The molecule has 123 heavy (non-hydrogen) atoms. The first kappa shape index (κ1) is 94.6. The van der Waals surface area contributed by atoms with Crippen molar-refractivity contribution < 1.29 is 163 Å². The van der Waals surface area contributed by atoms with E-state index >= 15 is 0 Å². The number of H-pyrrole nitrogens is 1. The molecule has 21 atom stereocenters. The predicted octanol–water partition coefficient (Wildman–Crippen LogP) is -4.39. The molecule has 678 valence electrons. The van der Waals surface area contributed by atoms with Crippen LogP contribution in [0, 0.1) is 6.92 Å². The van der Waals surface area contributed by atoms with Crippen LogP contribution < -0.4 is 38.3 Å². The second-order valence-corrected chi connectivity index (χ2v) is 36.8. The third kappa shape index (κ3) is 22.7. The highest BCUT2D eigenvalue weighted by molar-refractivity contribution is 7.80. The molecule has 7 aliphatic rings. The van der Waals surface area contributed by atoms with Gasteiger partial charge < -0.3 is 150 Å². The van der Waals surface area contributed by atoms with Crippen molar-refractivity contribution >= 4 is 144 Å². The number of aryl methyl sites for hydroxylation is 1. The van der Waals surface area contributed by atoms with Crippen molar-refractivity contribution in [2.24, 2.45) is 10.7 Å². The summed E-state index contributed by atoms with van der Waals surface area (Å²) in [7, 11) is -24.8. The van der Waals surface area contributed by atoms with Crippen molar-refractivity contribution in [3.8, 4) is 0 Å². The van der Waals surface area contributed by atoms with Gasteiger partial charge in [0.25, 0.3) is 5.56 Å². The summed E-state index contributed by atoms with van der Waals surface area (Å²) >= 11 is 11.2. The number of nitrogen functional groups attached to an aromatic ring is 1. The van der Waals surface area contributed by atoms with Crippen LogP contribution in [0.15, 0.2) is 60.1 Å². The fourth-order valence-corrected chi connectivity index (χ4v) is 16.1. The number of phosphoric acid groups is 4. The number of fused-ring (bicyclic) bond motifs is 7. The number of aliphatic hydroxyl groups is 7. The maximum atomic E-state index is 11.9. The number of aliphatic hydroxyl groups excluding tert-OH is 7. The molecule has 0 bridgehead atoms. The fraction of sp³-hybridized carbons (Fsp3) is 0.554. The van der Waals surface area contributed by atoms with Crippen molar-refractivity contribution in [2.75, 3.05) is 81.8 Å². The third-order valence-corrected chi connectivity index (χ3v) is 22.5. The van der Waals surface area contributed by atoms with E-state index < -0.39 is 188 Å². The summed E-state index contributed by atoms with van der Waals surface area (Å²) in [6.07, 6.45) is -7.62. The smallest absolute Gasteiger partial charge is 0.390 e. The van der Waals surface area contributed by atoms with Crippen LogP contribution in [0.5, 0.6) is 0 Å². The highest BCUT2D eigenvalue weighted by Gasteiger charge is 2.50. The molecule has 0 radical (unpaired) electrons. The number of nitrogens with one attached hydrogen (secondary N) is 5. The molecule has 0 amide bonds. The van der Waals surface area contributed by atoms with Gasteiger partial charge in [0.15, 0.2) is 69.6 Å². The summed E-state index contributed by atoms with van der Waals surface area (Å²) in [4.78, 5) is 149. The Morgan fingerprint density at radius 1 is 0.553 bits per heavy atom. The summed E-state index contributed by atoms with van der Waals surface area (Å²) in [6.45, 7) is 1.60. The molecule has 5 saturated heterocycles. The second-order valence-electron chi connectivity index (χ2n) is 27.4. The molecular weight excluding hydrogens is 1820 g/mol. The van der Waals surface area contributed by atoms with E-state index in [9.17, 15) is 72.8 Å². The maximum absolute atomic E-state index is 11.9. The molecule has 5 fully saturated rings. The molecule has 16 rings (SSSR count). The third-order valence-electron chi connectivity index (χ3n) is 18.6. The van der Waals surface area contributed by atoms with Gasteiger partial charge in [0.1, 0.15) is 138 Å². The largest absolute Gasteiger partial charge is 0.469 e. The molecular formula is C56H81ClN24O35P6S. The molecule has 0 saturated carbocycles. The van der Waals surface area contributed by atoms with Crippen LogP contribution in [-0.4, -0.2) is 317 Å². The van der Waals surface area contributed by atoms with Gasteiger partial charge in [0.05, 0.1) is 71.1 Å². The number of hydrogen-bond acceptors (Lipinski definition) is 42. The average molecular weight is 1900 g/mol. The van der Waals surface area contributed by atoms with Crippen LogP contribution >= 0.6 is 70.3 Å². The highest BCUT2D eigenvalue weighted by atomic mass is 35.5. The van der Waals surface area contributed by atoms with Crippen molar-refractivity contribution in [3.63, 3.8) is 0 Å². The number of guanidine groups is 1. The molecule has 9 aromatic heterocycles. The minimum Gasteiger partial charge on any atom is -0.390 e. The van der Waals surface area contributed by atoms with Crippen LogP contribution in [0.4, 0.5) is 23.4 Å². The van der Waals surface area contributed by atoms with E-state index in [1.54, 1.807) is 39.3 Å². The van der Waals surface area contributed by atoms with Crippen molar-refractivity contribution in [1.29, 1.82) is 0 Å². The Bertz CT molecular complexity index is 5700. The number of rotatable bonds is 23. The molecule has 26 N–H and O–H groups in total. The van der Waals surface area contributed by atoms with Gasteiger partial charge in [-0.25, -0.2) is 68.1 Å². The number of nitrogens with two attached hydrogens (primary N) is 2. The van der Waals surface area contributed by atoms with E-state index in [-0.39, 0.29) is 55.0 Å². The van der Waals surface area contributed by atoms with Gasteiger partial charge in [0.2, 0.25) is 5.95 Å². The fourth-order valence-electron chi connectivity index (χ4n) is 13.2. The lowest BCUT2D eigenvalue weighted by atomic mass is 10.1. The number of nitrogens with zero attached hydrogens (tertiary/aromatic N) is 17. The number of halogens is 1. The lowest BCUT2D eigenvalue weighted by molar-refractivity contribution is -0.0512. The predicted molar refractivity (Wildman–Crippen MR) is 415 cm³/mol. The van der Waals surface area contributed by atoms with E-state index in [1.165, 1.54) is 52.3 Å². The number of aromatic nitrogens is 17. The van der Waals surface area contributed by atoms with Gasteiger partial charge in [-0.05, 0) is 6.92 Å². The Labute approximate surface area is 697 Å². The number of alkyl halides is 1. The molecule has 7 aliphatic heterocycles. The summed E-state index contributed by atoms with van der Waals surface area (Å²) in [6, 6.07) is 0. The molecule has 9 aromatic rings. The van der Waals surface area contributed by atoms with Gasteiger partial charge >= 0.3 is 46.5 Å². The number of thiocarbonyl (C=S) groups is 1. The first-order valence-electron chi connectivity index (χ1n) is 35.4. The number of aromatic amines is 1. The average Bonchev–Trinajstić information content (AvgIpc) is 1.65. The van der Waals surface area contributed by atoms with Gasteiger partial charge in [-0.1, -0.05) is 23.8 Å². The van der Waals surface area contributed by atoms with Crippen molar-refractivity contribution in [3.05, 3.63) is 77.9 Å². The standard InChI is InChI=1S/C12H19N5O8P2.C12H14N5O6P.C11H16N5O8P.C11H17N4O6PS.C10H15ClN5O7P/c1-13-11-10-12(15-5-14-11)17(6-16-10)9-3-7(25-27(20,21)22)8(24-9)4-23-26(2,18)19;18-7-3-9(23-8(7)4-22-24(19,20)21)17-6-14-10-11-13-1-2-16(11)5-15-12(10)17;1-3-13-5-8(14-11(12)15-9(5)19)16(3)10-7(18)6(17)4(24-10)2-23-25(20,21)22;1-22(18,19)20-2-5-7(16)8(17)11(21-5)15-4-14-6-9(15)12-3-13-10(6)23;11-7-4-8(15-10(12)14-7)16(2-13-4)9-6(18)5(17)3(23-9)1-22-24(19,20)21/h5-9H,3-4H2,1-2H3,(H,18,19)(H,13,14,15)(H2,20,21,22);1-2,5-9,18H,3-4H2,(H2,19,20,21);4,6-7,10,17-18H,2H2,1H3,(H2,20,21,22)(H3,12,14,15,19);4-5,7-8,11-12,16-17H,2-3H2,1H3,(H,13,23)(H,18,19);2-3,5-7,9,17-18H,1H2,(H3,12,14,15)(H2,19,20,21)/t2*7-,8+,9+;4-,6-,7?,10-;5-,7?,8?,11-;3-,5-,6?,7?,9-/m00101/s1. The highest BCUT2D eigenvalue weighted by Crippen LogP contribution is 2.48. The Morgan fingerprint density at radius 3 is 1.64 bits per heavy atom. The Morgan fingerprint density at radius 2 is 1.07 bits per heavy atom. The number of hydrogen-bond donors (Lipinski definition) is 24. The maximum Gasteiger partial charge on any atom is 0.469 e.